The van der Waals surface area contributed by atoms with Crippen molar-refractivity contribution in [2.45, 2.75) is 91.6 Å². The van der Waals surface area contributed by atoms with Crippen molar-refractivity contribution in [3.63, 3.8) is 0 Å². The Morgan fingerprint density at radius 2 is 1.97 bits per heavy atom. The quantitative estimate of drug-likeness (QED) is 0.504. The van der Waals surface area contributed by atoms with Gasteiger partial charge in [0.05, 0.1) is 7.11 Å². The summed E-state index contributed by atoms with van der Waals surface area (Å²) < 4.78 is 10.5. The zero-order chi connectivity index (χ0) is 22.4. The molecule has 2 saturated carbocycles. The molecule has 0 saturated heterocycles. The summed E-state index contributed by atoms with van der Waals surface area (Å²) in [6.45, 7) is 8.84. The monoisotopic (exact) mass is 428 g/mol. The van der Waals surface area contributed by atoms with Crippen LogP contribution in [-0.2, 0) is 19.1 Å². The van der Waals surface area contributed by atoms with Crippen molar-refractivity contribution in [3.8, 4) is 0 Å². The highest BCUT2D eigenvalue weighted by molar-refractivity contribution is 5.69. The lowest BCUT2D eigenvalue weighted by Crippen LogP contribution is -2.45. The van der Waals surface area contributed by atoms with Crippen LogP contribution in [0.5, 0.6) is 0 Å². The van der Waals surface area contributed by atoms with Crippen LogP contribution in [0.25, 0.3) is 0 Å². The molecule has 0 unspecified atom stereocenters. The molecule has 0 radical (unpaired) electrons. The van der Waals surface area contributed by atoms with E-state index in [0.29, 0.717) is 35.5 Å². The summed E-state index contributed by atoms with van der Waals surface area (Å²) in [5, 5.41) is 0. The topological polar surface area (TPSA) is 52.6 Å². The molecular weight excluding hydrogens is 388 g/mol. The maximum absolute atomic E-state index is 11.7. The maximum Gasteiger partial charge on any atom is 0.305 e. The number of hydrogen-bond donors (Lipinski definition) is 0. The van der Waals surface area contributed by atoms with Gasteiger partial charge >= 0.3 is 11.9 Å². The summed E-state index contributed by atoms with van der Waals surface area (Å²) >= 11 is 0. The first kappa shape index (κ1) is 22.6. The van der Waals surface area contributed by atoms with E-state index in [2.05, 4.69) is 32.9 Å². The number of rotatable bonds is 5. The van der Waals surface area contributed by atoms with Crippen LogP contribution in [0.4, 0.5) is 0 Å². The molecule has 0 aromatic rings. The van der Waals surface area contributed by atoms with Crippen molar-refractivity contribution in [2.75, 3.05) is 7.11 Å². The third kappa shape index (κ3) is 3.89. The number of carbonyl (C=O) groups is 2. The number of hydrogen-bond acceptors (Lipinski definition) is 4. The minimum atomic E-state index is -0.147. The molecule has 4 aliphatic rings. The van der Waals surface area contributed by atoms with Crippen LogP contribution in [0.3, 0.4) is 0 Å². The number of methoxy groups -OCH3 is 1. The number of carbonyl (C=O) groups excluding carboxylic acids is 2. The summed E-state index contributed by atoms with van der Waals surface area (Å²) in [7, 11) is 1.48. The van der Waals surface area contributed by atoms with Crippen molar-refractivity contribution in [3.05, 3.63) is 23.3 Å². The van der Waals surface area contributed by atoms with Crippen molar-refractivity contribution in [2.24, 2.45) is 34.5 Å². The lowest BCUT2D eigenvalue weighted by molar-refractivity contribution is -0.150. The minimum Gasteiger partial charge on any atom is -0.469 e. The number of allylic oxidation sites excluding steroid dienone is 4. The molecule has 0 heterocycles. The van der Waals surface area contributed by atoms with Gasteiger partial charge in [-0.3, -0.25) is 9.59 Å². The van der Waals surface area contributed by atoms with Crippen LogP contribution in [-0.4, -0.2) is 25.2 Å². The van der Waals surface area contributed by atoms with Crippen molar-refractivity contribution in [1.82, 2.24) is 0 Å². The van der Waals surface area contributed by atoms with Gasteiger partial charge in [0.2, 0.25) is 0 Å². The summed E-state index contributed by atoms with van der Waals surface area (Å²) in [5.74, 6) is 2.17. The Bertz CT molecular complexity index is 795. The van der Waals surface area contributed by atoms with Crippen LogP contribution >= 0.6 is 0 Å². The van der Waals surface area contributed by atoms with Gasteiger partial charge in [-0.1, -0.05) is 32.9 Å². The second-order valence-electron chi connectivity index (χ2n) is 11.2. The van der Waals surface area contributed by atoms with E-state index in [9.17, 15) is 9.59 Å². The fraction of sp³-hybridized carbons (Fsp3) is 0.778. The molecule has 4 aliphatic carbocycles. The van der Waals surface area contributed by atoms with Gasteiger partial charge in [0.1, 0.15) is 6.10 Å². The first-order valence-electron chi connectivity index (χ1n) is 12.3. The summed E-state index contributed by atoms with van der Waals surface area (Å²) in [4.78, 5) is 23.1. The fourth-order valence-electron chi connectivity index (χ4n) is 7.78. The Kier molecular flexibility index (Phi) is 6.13. The molecule has 31 heavy (non-hydrogen) atoms. The molecule has 0 spiro atoms. The average molecular weight is 429 g/mol. The van der Waals surface area contributed by atoms with Crippen LogP contribution in [0.15, 0.2) is 23.3 Å². The van der Waals surface area contributed by atoms with Gasteiger partial charge in [0, 0.05) is 13.3 Å². The number of ether oxygens (including phenoxy) is 2. The molecule has 0 aromatic heterocycles. The normalized spacial score (nSPS) is 39.9. The highest BCUT2D eigenvalue weighted by Crippen LogP contribution is 2.65. The van der Waals surface area contributed by atoms with Crippen LogP contribution in [0, 0.1) is 34.5 Å². The van der Waals surface area contributed by atoms with Crippen LogP contribution < -0.4 is 0 Å². The molecule has 0 bridgehead atoms. The summed E-state index contributed by atoms with van der Waals surface area (Å²) in [6, 6.07) is 0. The summed E-state index contributed by atoms with van der Waals surface area (Å²) in [5.41, 5.74) is 3.75. The molecular formula is C27H40O4. The third-order valence-corrected chi connectivity index (χ3v) is 9.56. The van der Waals surface area contributed by atoms with Crippen molar-refractivity contribution in [1.29, 1.82) is 0 Å². The van der Waals surface area contributed by atoms with E-state index < -0.39 is 0 Å². The highest BCUT2D eigenvalue weighted by atomic mass is 16.5. The van der Waals surface area contributed by atoms with Crippen LogP contribution in [0.2, 0.25) is 0 Å². The second-order valence-corrected chi connectivity index (χ2v) is 11.2. The Balaban J connectivity index is 1.52. The molecule has 0 aliphatic heterocycles. The Labute approximate surface area is 187 Å². The van der Waals surface area contributed by atoms with E-state index in [0.717, 1.165) is 38.5 Å². The van der Waals surface area contributed by atoms with Crippen molar-refractivity contribution < 1.29 is 19.1 Å². The zero-order valence-corrected chi connectivity index (χ0v) is 20.0. The van der Waals surface area contributed by atoms with Gasteiger partial charge in [-0.05, 0) is 97.0 Å². The predicted octanol–water partition coefficient (Wildman–Crippen LogP) is 6.01. The van der Waals surface area contributed by atoms with E-state index in [1.165, 1.54) is 26.9 Å². The van der Waals surface area contributed by atoms with E-state index in [-0.39, 0.29) is 23.5 Å². The third-order valence-electron chi connectivity index (χ3n) is 9.56. The Morgan fingerprint density at radius 3 is 2.68 bits per heavy atom. The van der Waals surface area contributed by atoms with E-state index in [4.69, 9.17) is 9.47 Å². The minimum absolute atomic E-state index is 0.0873. The van der Waals surface area contributed by atoms with Crippen LogP contribution in [0.1, 0.15) is 85.5 Å². The first-order chi connectivity index (χ1) is 14.7. The molecule has 7 atom stereocenters. The molecule has 4 rings (SSSR count). The molecule has 4 nitrogen and oxygen atoms in total. The van der Waals surface area contributed by atoms with Crippen molar-refractivity contribution >= 4 is 11.9 Å². The molecule has 172 valence electrons. The Hall–Kier alpha value is -1.58. The first-order valence-corrected chi connectivity index (χ1v) is 12.3. The van der Waals surface area contributed by atoms with Gasteiger partial charge in [0.15, 0.2) is 0 Å². The smallest absolute Gasteiger partial charge is 0.305 e. The summed E-state index contributed by atoms with van der Waals surface area (Å²) in [6.07, 6.45) is 14.5. The van der Waals surface area contributed by atoms with E-state index in [1.54, 1.807) is 11.1 Å². The average Bonchev–Trinajstić information content (AvgIpc) is 3.09. The van der Waals surface area contributed by atoms with Gasteiger partial charge in [-0.2, -0.15) is 0 Å². The predicted molar refractivity (Wildman–Crippen MR) is 121 cm³/mol. The second kappa shape index (κ2) is 8.41. The zero-order valence-electron chi connectivity index (χ0n) is 20.0. The fourth-order valence-corrected chi connectivity index (χ4v) is 7.78. The molecule has 0 aromatic carbocycles. The lowest BCUT2D eigenvalue weighted by atomic mass is 9.51. The Morgan fingerprint density at radius 1 is 1.19 bits per heavy atom. The lowest BCUT2D eigenvalue weighted by Gasteiger charge is -2.53. The number of fused-ring (bicyclic) bond motifs is 5. The molecule has 0 N–H and O–H groups in total. The van der Waals surface area contributed by atoms with Gasteiger partial charge < -0.3 is 9.47 Å². The standard InChI is InChI=1S/C27H40O4/c1-17(6-11-25(29)30-5)22-9-10-23-21-8-7-19-16-20(31-18(2)28)12-14-26(19,3)24(21)13-15-27(22,23)4/h8,13,17,19-20,22-23H,6-7,9-12,14-16H2,1-5H3/t17-,19-,20-,22-,23+,26+,27-/m1/s1. The van der Waals surface area contributed by atoms with E-state index >= 15 is 0 Å². The van der Waals surface area contributed by atoms with Gasteiger partial charge in [-0.25, -0.2) is 0 Å². The highest BCUT2D eigenvalue weighted by Gasteiger charge is 2.55. The maximum atomic E-state index is 11.7. The SMILES string of the molecule is COC(=O)CC[C@@H](C)[C@H]1CC[C@H]2C3=CC[C@@H]4C[C@H](OC(C)=O)CC[C@]4(C)C3=CC[C@]12C. The largest absolute Gasteiger partial charge is 0.469 e. The van der Waals surface area contributed by atoms with Gasteiger partial charge in [-0.15, -0.1) is 0 Å². The molecule has 4 heteroatoms. The molecule has 0 amide bonds. The van der Waals surface area contributed by atoms with Gasteiger partial charge in [0.25, 0.3) is 0 Å². The molecule has 2 fully saturated rings. The number of esters is 2. The van der Waals surface area contributed by atoms with E-state index in [1.807, 2.05) is 0 Å².